The standard InChI is InChI=1S/C17H15NO7S2/c1-2-24-16(19)8-7-15-17(13-4-3-9-26-13)25-12-10-11(18(20)21)5-6-14(12)27(15,22)23/h3-6,9-10H,2,7-8H2,1H3. The predicted molar refractivity (Wildman–Crippen MR) is 98.0 cm³/mol. The van der Waals surface area contributed by atoms with E-state index in [1.165, 1.54) is 11.3 Å². The summed E-state index contributed by atoms with van der Waals surface area (Å²) in [4.78, 5) is 22.4. The van der Waals surface area contributed by atoms with Gasteiger partial charge < -0.3 is 9.47 Å². The number of allylic oxidation sites excluding steroid dienone is 1. The van der Waals surface area contributed by atoms with E-state index in [4.69, 9.17) is 9.47 Å². The van der Waals surface area contributed by atoms with E-state index < -0.39 is 20.7 Å². The number of carbonyl (C=O) groups excluding carboxylic acids is 1. The first-order valence-electron chi connectivity index (χ1n) is 7.98. The van der Waals surface area contributed by atoms with Crippen molar-refractivity contribution < 1.29 is 27.6 Å². The van der Waals surface area contributed by atoms with E-state index in [1.54, 1.807) is 24.4 Å². The lowest BCUT2D eigenvalue weighted by Crippen LogP contribution is -2.18. The van der Waals surface area contributed by atoms with Crippen LogP contribution >= 0.6 is 11.3 Å². The molecule has 0 N–H and O–H groups in total. The number of thiophene rings is 1. The van der Waals surface area contributed by atoms with Crippen molar-refractivity contribution in [1.82, 2.24) is 0 Å². The first kappa shape index (κ1) is 19.1. The number of non-ortho nitro benzene ring substituents is 1. The molecule has 0 bridgehead atoms. The van der Waals surface area contributed by atoms with E-state index in [1.807, 2.05) is 0 Å². The minimum Gasteiger partial charge on any atom is -0.466 e. The first-order chi connectivity index (χ1) is 12.8. The van der Waals surface area contributed by atoms with E-state index >= 15 is 0 Å². The molecule has 142 valence electrons. The van der Waals surface area contributed by atoms with Gasteiger partial charge in [0.05, 0.1) is 33.8 Å². The molecular weight excluding hydrogens is 394 g/mol. The van der Waals surface area contributed by atoms with Crippen LogP contribution in [0, 0.1) is 10.1 Å². The average Bonchev–Trinajstić information content (AvgIpc) is 3.14. The maximum Gasteiger partial charge on any atom is 0.306 e. The van der Waals surface area contributed by atoms with Crippen LogP contribution in [-0.4, -0.2) is 25.9 Å². The summed E-state index contributed by atoms with van der Waals surface area (Å²) in [5.74, 6) is -0.532. The average molecular weight is 409 g/mol. The van der Waals surface area contributed by atoms with Gasteiger partial charge in [-0.3, -0.25) is 14.9 Å². The lowest BCUT2D eigenvalue weighted by Gasteiger charge is -2.22. The van der Waals surface area contributed by atoms with Gasteiger partial charge in [0.15, 0.2) is 11.5 Å². The molecule has 0 spiro atoms. The number of nitro groups is 1. The minimum atomic E-state index is -3.98. The summed E-state index contributed by atoms with van der Waals surface area (Å²) >= 11 is 1.27. The number of benzene rings is 1. The molecule has 0 fully saturated rings. The fourth-order valence-corrected chi connectivity index (χ4v) is 5.07. The molecule has 1 aromatic carbocycles. The number of nitro benzene ring substituents is 1. The van der Waals surface area contributed by atoms with E-state index in [9.17, 15) is 23.3 Å². The zero-order valence-electron chi connectivity index (χ0n) is 14.2. The molecule has 0 amide bonds. The largest absolute Gasteiger partial charge is 0.466 e. The molecule has 0 aliphatic carbocycles. The van der Waals surface area contributed by atoms with Crippen LogP contribution in [0.4, 0.5) is 5.69 Å². The predicted octanol–water partition coefficient (Wildman–Crippen LogP) is 3.53. The smallest absolute Gasteiger partial charge is 0.306 e. The molecule has 8 nitrogen and oxygen atoms in total. The molecule has 2 aromatic rings. The van der Waals surface area contributed by atoms with Gasteiger partial charge in [0.2, 0.25) is 9.84 Å². The van der Waals surface area contributed by atoms with Gasteiger partial charge >= 0.3 is 5.97 Å². The molecule has 3 rings (SSSR count). The molecule has 27 heavy (non-hydrogen) atoms. The molecule has 0 saturated heterocycles. The monoisotopic (exact) mass is 409 g/mol. The normalized spacial score (nSPS) is 15.0. The van der Waals surface area contributed by atoms with Crippen LogP contribution < -0.4 is 4.74 Å². The summed E-state index contributed by atoms with van der Waals surface area (Å²) in [6.45, 7) is 1.86. The highest BCUT2D eigenvalue weighted by Gasteiger charge is 2.36. The molecular formula is C17H15NO7S2. The third-order valence-electron chi connectivity index (χ3n) is 3.82. The van der Waals surface area contributed by atoms with E-state index in [2.05, 4.69) is 0 Å². The number of nitrogens with zero attached hydrogens (tertiary/aromatic N) is 1. The van der Waals surface area contributed by atoms with Gasteiger partial charge in [-0.2, -0.15) is 0 Å². The van der Waals surface area contributed by atoms with E-state index in [-0.39, 0.29) is 46.4 Å². The first-order valence-corrected chi connectivity index (χ1v) is 10.3. The third kappa shape index (κ3) is 3.71. The Morgan fingerprint density at radius 1 is 1.33 bits per heavy atom. The van der Waals surface area contributed by atoms with Crippen LogP contribution in [0.25, 0.3) is 5.76 Å². The molecule has 1 aliphatic rings. The maximum absolute atomic E-state index is 13.1. The topological polar surface area (TPSA) is 113 Å². The molecule has 1 aliphatic heterocycles. The van der Waals surface area contributed by atoms with Crippen molar-refractivity contribution in [2.45, 2.75) is 24.7 Å². The fourth-order valence-electron chi connectivity index (χ4n) is 2.63. The second-order valence-electron chi connectivity index (χ2n) is 5.53. The van der Waals surface area contributed by atoms with Gasteiger partial charge in [-0.1, -0.05) is 6.07 Å². The van der Waals surface area contributed by atoms with Crippen molar-refractivity contribution in [3.8, 4) is 5.75 Å². The Morgan fingerprint density at radius 3 is 2.74 bits per heavy atom. The second-order valence-corrected chi connectivity index (χ2v) is 8.42. The summed E-state index contributed by atoms with van der Waals surface area (Å²) in [5.41, 5.74) is -0.274. The van der Waals surface area contributed by atoms with E-state index in [0.717, 1.165) is 18.2 Å². The Bertz CT molecular complexity index is 1020. The highest BCUT2D eigenvalue weighted by Crippen LogP contribution is 2.43. The third-order valence-corrected chi connectivity index (χ3v) is 6.65. The van der Waals surface area contributed by atoms with Crippen molar-refractivity contribution in [2.24, 2.45) is 0 Å². The number of hydrogen-bond donors (Lipinski definition) is 0. The number of carbonyl (C=O) groups is 1. The number of sulfone groups is 1. The Kier molecular flexibility index (Phi) is 5.29. The Hall–Kier alpha value is -2.72. The molecule has 10 heteroatoms. The van der Waals surface area contributed by atoms with Gasteiger partial charge in [-0.05, 0) is 30.9 Å². The summed E-state index contributed by atoms with van der Waals surface area (Å²) in [6, 6.07) is 6.76. The molecule has 1 aromatic heterocycles. The molecule has 0 saturated carbocycles. The molecule has 2 heterocycles. The van der Waals surface area contributed by atoms with Crippen molar-refractivity contribution >= 4 is 38.6 Å². The van der Waals surface area contributed by atoms with Crippen molar-refractivity contribution in [3.05, 3.63) is 55.6 Å². The molecule has 0 atom stereocenters. The summed E-state index contributed by atoms with van der Waals surface area (Å²) in [6.07, 6.45) is -0.215. The van der Waals surface area contributed by atoms with Crippen LogP contribution in [0.1, 0.15) is 24.6 Å². The van der Waals surface area contributed by atoms with Crippen LogP contribution in [0.15, 0.2) is 45.5 Å². The quantitative estimate of drug-likeness (QED) is 0.407. The lowest BCUT2D eigenvalue weighted by atomic mass is 10.2. The van der Waals surface area contributed by atoms with Crippen molar-refractivity contribution in [1.29, 1.82) is 0 Å². The minimum absolute atomic E-state index is 0.0423. The second kappa shape index (κ2) is 7.49. The fraction of sp³-hybridized carbons (Fsp3) is 0.235. The summed E-state index contributed by atoms with van der Waals surface area (Å²) in [5, 5.41) is 12.8. The van der Waals surface area contributed by atoms with Gasteiger partial charge in [0, 0.05) is 6.07 Å². The maximum atomic E-state index is 13.1. The van der Waals surface area contributed by atoms with Gasteiger partial charge in [0.25, 0.3) is 5.69 Å². The molecule has 0 radical (unpaired) electrons. The number of fused-ring (bicyclic) bond motifs is 1. The van der Waals surface area contributed by atoms with E-state index in [0.29, 0.717) is 4.88 Å². The lowest BCUT2D eigenvalue weighted by molar-refractivity contribution is -0.385. The SMILES string of the molecule is CCOC(=O)CCC1=C(c2cccs2)Oc2cc([N+](=O)[O-])ccc2S1(=O)=O. The highest BCUT2D eigenvalue weighted by atomic mass is 32.2. The molecule has 0 unspecified atom stereocenters. The Labute approximate surface area is 159 Å². The Morgan fingerprint density at radius 2 is 2.11 bits per heavy atom. The van der Waals surface area contributed by atoms with Gasteiger partial charge in [0.1, 0.15) is 4.90 Å². The van der Waals surface area contributed by atoms with Gasteiger partial charge in [-0.15, -0.1) is 11.3 Å². The van der Waals surface area contributed by atoms with Gasteiger partial charge in [-0.25, -0.2) is 8.42 Å². The number of esters is 1. The number of hydrogen-bond acceptors (Lipinski definition) is 8. The van der Waals surface area contributed by atoms with Crippen molar-refractivity contribution in [2.75, 3.05) is 6.61 Å². The van der Waals surface area contributed by atoms with Crippen LogP contribution in [0.2, 0.25) is 0 Å². The Balaban J connectivity index is 2.09. The summed E-state index contributed by atoms with van der Waals surface area (Å²) in [7, 11) is -3.98. The van der Waals surface area contributed by atoms with Crippen LogP contribution in [0.5, 0.6) is 5.75 Å². The zero-order valence-corrected chi connectivity index (χ0v) is 15.8. The zero-order chi connectivity index (χ0) is 19.6. The summed E-state index contributed by atoms with van der Waals surface area (Å²) < 4.78 is 36.8. The number of rotatable bonds is 6. The van der Waals surface area contributed by atoms with Crippen LogP contribution in [0.3, 0.4) is 0 Å². The van der Waals surface area contributed by atoms with Crippen molar-refractivity contribution in [3.63, 3.8) is 0 Å². The van der Waals surface area contributed by atoms with Crippen LogP contribution in [-0.2, 0) is 19.4 Å². The number of ether oxygens (including phenoxy) is 2. The highest BCUT2D eigenvalue weighted by molar-refractivity contribution is 7.95.